The molecule has 160 valence electrons. The van der Waals surface area contributed by atoms with Gasteiger partial charge in [0.1, 0.15) is 5.75 Å². The van der Waals surface area contributed by atoms with E-state index in [4.69, 9.17) is 4.74 Å². The van der Waals surface area contributed by atoms with Crippen molar-refractivity contribution in [3.63, 3.8) is 0 Å². The number of anilines is 1. The molecule has 0 saturated heterocycles. The molecule has 0 fully saturated rings. The van der Waals surface area contributed by atoms with E-state index in [0.717, 1.165) is 25.5 Å². The summed E-state index contributed by atoms with van der Waals surface area (Å²) in [7, 11) is -4.24. The van der Waals surface area contributed by atoms with Gasteiger partial charge in [0, 0.05) is 24.0 Å². The number of ether oxygens (including phenoxy) is 1. The molecule has 0 bridgehead atoms. The van der Waals surface area contributed by atoms with Crippen LogP contribution in [0.15, 0.2) is 38.9 Å². The molecule has 1 aromatic heterocycles. The molecule has 29 heavy (non-hydrogen) atoms. The first kappa shape index (κ1) is 22.7. The molecular weight excluding hydrogens is 398 g/mol. The van der Waals surface area contributed by atoms with E-state index in [1.54, 1.807) is 6.92 Å². The van der Waals surface area contributed by atoms with Gasteiger partial charge in [-0.05, 0) is 31.5 Å². The molecule has 1 heterocycles. The number of rotatable bonds is 11. The summed E-state index contributed by atoms with van der Waals surface area (Å²) >= 11 is 0. The van der Waals surface area contributed by atoms with Crippen molar-refractivity contribution in [1.29, 1.82) is 0 Å². The van der Waals surface area contributed by atoms with Crippen LogP contribution in [0.25, 0.3) is 0 Å². The second-order valence-electron chi connectivity index (χ2n) is 6.53. The van der Waals surface area contributed by atoms with Gasteiger partial charge in [-0.2, -0.15) is 0 Å². The van der Waals surface area contributed by atoms with Gasteiger partial charge in [-0.25, -0.2) is 13.2 Å². The maximum atomic E-state index is 12.7. The zero-order valence-corrected chi connectivity index (χ0v) is 17.4. The second-order valence-corrected chi connectivity index (χ2v) is 8.18. The van der Waals surface area contributed by atoms with Crippen molar-refractivity contribution >= 4 is 15.7 Å². The molecule has 0 aliphatic rings. The summed E-state index contributed by atoms with van der Waals surface area (Å²) in [6.45, 7) is 4.23. The Bertz CT molecular complexity index is 1040. The highest BCUT2D eigenvalue weighted by atomic mass is 32.2. The van der Waals surface area contributed by atoms with Gasteiger partial charge in [0.25, 0.3) is 15.6 Å². The Labute approximate surface area is 169 Å². The smallest absolute Gasteiger partial charge is 0.328 e. The lowest BCUT2D eigenvalue weighted by Gasteiger charge is -2.13. The molecule has 0 saturated carbocycles. The van der Waals surface area contributed by atoms with E-state index in [-0.39, 0.29) is 12.3 Å². The molecule has 9 nitrogen and oxygen atoms in total. The fourth-order valence-electron chi connectivity index (χ4n) is 2.83. The first-order valence-corrected chi connectivity index (χ1v) is 11.0. The number of aromatic nitrogens is 2. The van der Waals surface area contributed by atoms with Crippen molar-refractivity contribution < 1.29 is 18.3 Å². The van der Waals surface area contributed by atoms with E-state index in [0.29, 0.717) is 30.9 Å². The van der Waals surface area contributed by atoms with Crippen LogP contribution in [0.2, 0.25) is 0 Å². The number of unbranched alkanes of at least 4 members (excludes halogenated alkanes) is 3. The number of aryl methyl sites for hydroxylation is 1. The fraction of sp³-hybridized carbons (Fsp3) is 0.474. The lowest BCUT2D eigenvalue weighted by molar-refractivity contribution is 0.267. The zero-order chi connectivity index (χ0) is 21.4. The molecular formula is C19H27N3O6S. The van der Waals surface area contributed by atoms with Crippen LogP contribution in [-0.4, -0.2) is 29.7 Å². The van der Waals surface area contributed by atoms with Gasteiger partial charge in [0.05, 0.1) is 13.2 Å². The van der Waals surface area contributed by atoms with E-state index in [9.17, 15) is 23.1 Å². The topological polar surface area (TPSA) is 130 Å². The second kappa shape index (κ2) is 10.3. The molecule has 0 amide bonds. The number of benzene rings is 1. The van der Waals surface area contributed by atoms with Crippen LogP contribution < -0.4 is 20.7 Å². The summed E-state index contributed by atoms with van der Waals surface area (Å²) in [6.07, 6.45) is 4.71. The molecule has 2 rings (SSSR count). The van der Waals surface area contributed by atoms with Crippen LogP contribution in [0.1, 0.15) is 45.1 Å². The molecule has 1 aromatic carbocycles. The Hall–Kier alpha value is -2.59. The van der Waals surface area contributed by atoms with Crippen molar-refractivity contribution in [2.45, 2.75) is 57.6 Å². The van der Waals surface area contributed by atoms with Crippen molar-refractivity contribution in [2.24, 2.45) is 0 Å². The fourth-order valence-corrected chi connectivity index (χ4v) is 3.94. The van der Waals surface area contributed by atoms with Gasteiger partial charge in [-0.15, -0.1) is 0 Å². The highest BCUT2D eigenvalue weighted by Crippen LogP contribution is 2.24. The Morgan fingerprint density at radius 2 is 1.93 bits per heavy atom. The maximum Gasteiger partial charge on any atom is 0.328 e. The molecule has 0 aliphatic heterocycles. The van der Waals surface area contributed by atoms with Crippen molar-refractivity contribution in [3.8, 4) is 5.75 Å². The number of sulfonamides is 1. The first-order valence-electron chi connectivity index (χ1n) is 9.55. The third-order valence-corrected chi connectivity index (χ3v) is 5.68. The quantitative estimate of drug-likeness (QED) is 0.471. The number of aliphatic hydroxyl groups is 1. The third-order valence-electron chi connectivity index (χ3n) is 4.30. The van der Waals surface area contributed by atoms with Crippen molar-refractivity contribution in [2.75, 3.05) is 11.3 Å². The van der Waals surface area contributed by atoms with Crippen molar-refractivity contribution in [3.05, 3.63) is 50.8 Å². The van der Waals surface area contributed by atoms with E-state index >= 15 is 0 Å². The monoisotopic (exact) mass is 425 g/mol. The number of hydrogen-bond donors (Lipinski definition) is 3. The highest BCUT2D eigenvalue weighted by molar-refractivity contribution is 7.92. The summed E-state index contributed by atoms with van der Waals surface area (Å²) in [5, 5.41) is 9.47. The van der Waals surface area contributed by atoms with Crippen LogP contribution >= 0.6 is 0 Å². The van der Waals surface area contributed by atoms with Gasteiger partial charge in [0.2, 0.25) is 0 Å². The number of aromatic amines is 1. The Morgan fingerprint density at radius 3 is 2.59 bits per heavy atom. The van der Waals surface area contributed by atoms with Gasteiger partial charge in [0.15, 0.2) is 4.90 Å². The first-order chi connectivity index (χ1) is 13.8. The van der Waals surface area contributed by atoms with Crippen LogP contribution in [0.3, 0.4) is 0 Å². The van der Waals surface area contributed by atoms with Crippen molar-refractivity contribution in [1.82, 2.24) is 9.55 Å². The van der Waals surface area contributed by atoms with E-state index in [2.05, 4.69) is 16.6 Å². The summed E-state index contributed by atoms with van der Waals surface area (Å²) in [5.41, 5.74) is -1.06. The van der Waals surface area contributed by atoms with Gasteiger partial charge in [-0.1, -0.05) is 26.2 Å². The molecule has 0 unspecified atom stereocenters. The molecule has 0 aliphatic carbocycles. The van der Waals surface area contributed by atoms with Crippen LogP contribution in [0.4, 0.5) is 5.69 Å². The summed E-state index contributed by atoms with van der Waals surface area (Å²) in [6, 6.07) is 4.43. The molecule has 0 spiro atoms. The molecule has 3 N–H and O–H groups in total. The predicted octanol–water partition coefficient (Wildman–Crippen LogP) is 1.81. The van der Waals surface area contributed by atoms with E-state index in [1.165, 1.54) is 22.8 Å². The maximum absolute atomic E-state index is 12.7. The molecule has 10 heteroatoms. The summed E-state index contributed by atoms with van der Waals surface area (Å²) in [5.74, 6) is 0.441. The average molecular weight is 426 g/mol. The predicted molar refractivity (Wildman–Crippen MR) is 110 cm³/mol. The van der Waals surface area contributed by atoms with Crippen LogP contribution in [0, 0.1) is 0 Å². The number of hydrogen-bond acceptors (Lipinski definition) is 6. The minimum Gasteiger partial charge on any atom is -0.494 e. The molecule has 0 atom stereocenters. The lowest BCUT2D eigenvalue weighted by Crippen LogP contribution is -2.34. The number of nitrogens with zero attached hydrogens (tertiary/aromatic N) is 1. The standard InChI is InChI=1S/C19H27N3O6S/c1-3-5-6-7-10-22-12-17(18(24)20-19(22)25)29(26,27)21-15-8-9-16(28-4-2)14(11-15)13-23/h8-9,11-12,21,23H,3-7,10,13H2,1-2H3,(H,20,24,25). The highest BCUT2D eigenvalue weighted by Gasteiger charge is 2.21. The lowest BCUT2D eigenvalue weighted by atomic mass is 10.2. The van der Waals surface area contributed by atoms with Crippen LogP contribution in [-0.2, 0) is 23.2 Å². The number of H-pyrrole nitrogens is 1. The summed E-state index contributed by atoms with van der Waals surface area (Å²) < 4.78 is 34.3. The Kier molecular flexibility index (Phi) is 8.03. The minimum absolute atomic E-state index is 0.164. The molecule has 0 radical (unpaired) electrons. The van der Waals surface area contributed by atoms with E-state index < -0.39 is 26.2 Å². The van der Waals surface area contributed by atoms with E-state index in [1.807, 2.05) is 0 Å². The normalized spacial score (nSPS) is 11.4. The minimum atomic E-state index is -4.24. The summed E-state index contributed by atoms with van der Waals surface area (Å²) in [4.78, 5) is 25.6. The Morgan fingerprint density at radius 1 is 1.17 bits per heavy atom. The SMILES string of the molecule is CCCCCCn1cc(S(=O)(=O)Nc2ccc(OCC)c(CO)c2)c(=O)[nH]c1=O. The number of nitrogens with one attached hydrogen (secondary N) is 2. The largest absolute Gasteiger partial charge is 0.494 e. The Balaban J connectivity index is 2.31. The van der Waals surface area contributed by atoms with Gasteiger partial charge >= 0.3 is 5.69 Å². The average Bonchev–Trinajstić information content (AvgIpc) is 2.67. The van der Waals surface area contributed by atoms with Gasteiger partial charge in [-0.3, -0.25) is 19.1 Å². The van der Waals surface area contributed by atoms with Gasteiger partial charge < -0.3 is 9.84 Å². The number of aliphatic hydroxyl groups excluding tert-OH is 1. The molecule has 2 aromatic rings. The third kappa shape index (κ3) is 5.94. The zero-order valence-electron chi connectivity index (χ0n) is 16.6. The van der Waals surface area contributed by atoms with Crippen LogP contribution in [0.5, 0.6) is 5.75 Å².